The maximum Gasteiger partial charge on any atom is 0.265 e. The highest BCUT2D eigenvalue weighted by Crippen LogP contribution is 2.23. The van der Waals surface area contributed by atoms with Gasteiger partial charge in [0, 0.05) is 13.2 Å². The second-order valence-electron chi connectivity index (χ2n) is 4.34. The molecule has 0 radical (unpaired) electrons. The Bertz CT molecular complexity index is 331. The molecule has 0 bridgehead atoms. The lowest BCUT2D eigenvalue weighted by molar-refractivity contribution is 0.0992. The predicted octanol–water partition coefficient (Wildman–Crippen LogP) is 1.42. The van der Waals surface area contributed by atoms with Crippen LogP contribution >= 0.6 is 0 Å². The van der Waals surface area contributed by atoms with E-state index in [2.05, 4.69) is 20.8 Å². The van der Waals surface area contributed by atoms with Gasteiger partial charge in [0.1, 0.15) is 5.69 Å². The van der Waals surface area contributed by atoms with Crippen LogP contribution in [0, 0.1) is 0 Å². The number of aryl methyl sites for hydroxylation is 1. The Balaban J connectivity index is 3.17. The minimum atomic E-state index is -0.377. The van der Waals surface area contributed by atoms with Gasteiger partial charge in [-0.3, -0.25) is 4.79 Å². The number of hydrogen-bond acceptors (Lipinski definition) is 1. The molecule has 0 spiro atoms. The van der Waals surface area contributed by atoms with Crippen LogP contribution in [0.4, 0.5) is 0 Å². The molecule has 3 nitrogen and oxygen atoms in total. The molecule has 2 N–H and O–H groups in total. The van der Waals surface area contributed by atoms with E-state index in [-0.39, 0.29) is 11.3 Å². The number of primary amides is 1. The SMILES string of the molecule is Cn1cc(C(C)(C)C)cc1C(N)=O. The average Bonchev–Trinajstić information content (AvgIpc) is 2.29. The Labute approximate surface area is 78.5 Å². The van der Waals surface area contributed by atoms with Crippen molar-refractivity contribution >= 4 is 5.91 Å². The molecule has 0 saturated carbocycles. The lowest BCUT2D eigenvalue weighted by atomic mass is 9.89. The van der Waals surface area contributed by atoms with Gasteiger partial charge in [-0.05, 0) is 17.0 Å². The summed E-state index contributed by atoms with van der Waals surface area (Å²) in [5.41, 5.74) is 6.96. The van der Waals surface area contributed by atoms with E-state index in [0.29, 0.717) is 5.69 Å². The van der Waals surface area contributed by atoms with E-state index >= 15 is 0 Å². The third kappa shape index (κ3) is 1.91. The monoisotopic (exact) mass is 180 g/mol. The normalized spacial score (nSPS) is 11.7. The third-order valence-electron chi connectivity index (χ3n) is 2.12. The lowest BCUT2D eigenvalue weighted by Crippen LogP contribution is -2.14. The Kier molecular flexibility index (Phi) is 2.20. The Morgan fingerprint density at radius 2 is 2.00 bits per heavy atom. The van der Waals surface area contributed by atoms with Gasteiger partial charge in [-0.15, -0.1) is 0 Å². The summed E-state index contributed by atoms with van der Waals surface area (Å²) in [6.45, 7) is 6.31. The molecule has 72 valence electrons. The highest BCUT2D eigenvalue weighted by Gasteiger charge is 2.18. The van der Waals surface area contributed by atoms with Crippen LogP contribution in [-0.2, 0) is 12.5 Å². The zero-order valence-corrected chi connectivity index (χ0v) is 8.59. The first-order valence-electron chi connectivity index (χ1n) is 4.29. The van der Waals surface area contributed by atoms with Gasteiger partial charge < -0.3 is 10.3 Å². The van der Waals surface area contributed by atoms with Crippen molar-refractivity contribution in [3.8, 4) is 0 Å². The van der Waals surface area contributed by atoms with Gasteiger partial charge in [0.15, 0.2) is 0 Å². The van der Waals surface area contributed by atoms with Crippen LogP contribution in [0.2, 0.25) is 0 Å². The van der Waals surface area contributed by atoms with Crippen LogP contribution in [0.25, 0.3) is 0 Å². The minimum Gasteiger partial charge on any atom is -0.364 e. The van der Waals surface area contributed by atoms with Crippen molar-refractivity contribution in [3.63, 3.8) is 0 Å². The van der Waals surface area contributed by atoms with Gasteiger partial charge in [0.25, 0.3) is 5.91 Å². The van der Waals surface area contributed by atoms with Gasteiger partial charge >= 0.3 is 0 Å². The molecule has 0 aliphatic rings. The first-order chi connectivity index (χ1) is 5.82. The zero-order chi connectivity index (χ0) is 10.2. The molecule has 13 heavy (non-hydrogen) atoms. The van der Waals surface area contributed by atoms with Crippen molar-refractivity contribution in [1.82, 2.24) is 4.57 Å². The summed E-state index contributed by atoms with van der Waals surface area (Å²) in [7, 11) is 1.83. The standard InChI is InChI=1S/C10H16N2O/c1-10(2,3)7-5-8(9(11)13)12(4)6-7/h5-6H,1-4H3,(H2,11,13). The van der Waals surface area contributed by atoms with Crippen molar-refractivity contribution in [2.24, 2.45) is 12.8 Å². The molecular weight excluding hydrogens is 164 g/mol. The van der Waals surface area contributed by atoms with Gasteiger partial charge in [0.2, 0.25) is 0 Å². The number of amides is 1. The first-order valence-corrected chi connectivity index (χ1v) is 4.29. The third-order valence-corrected chi connectivity index (χ3v) is 2.12. The Morgan fingerprint density at radius 3 is 2.23 bits per heavy atom. The quantitative estimate of drug-likeness (QED) is 0.698. The zero-order valence-electron chi connectivity index (χ0n) is 8.59. The lowest BCUT2D eigenvalue weighted by Gasteiger charge is -2.15. The van der Waals surface area contributed by atoms with Gasteiger partial charge in [-0.25, -0.2) is 0 Å². The van der Waals surface area contributed by atoms with E-state index in [1.807, 2.05) is 19.3 Å². The van der Waals surface area contributed by atoms with Gasteiger partial charge in [0.05, 0.1) is 0 Å². The second kappa shape index (κ2) is 2.91. The van der Waals surface area contributed by atoms with Crippen LogP contribution in [0.3, 0.4) is 0 Å². The van der Waals surface area contributed by atoms with E-state index in [4.69, 9.17) is 5.73 Å². The minimum absolute atomic E-state index is 0.0610. The molecule has 0 unspecified atom stereocenters. The van der Waals surface area contributed by atoms with Crippen LogP contribution < -0.4 is 5.73 Å². The van der Waals surface area contributed by atoms with Crippen molar-refractivity contribution < 1.29 is 4.79 Å². The fourth-order valence-electron chi connectivity index (χ4n) is 1.22. The van der Waals surface area contributed by atoms with E-state index in [9.17, 15) is 4.79 Å². The number of rotatable bonds is 1. The van der Waals surface area contributed by atoms with Crippen LogP contribution in [0.5, 0.6) is 0 Å². The summed E-state index contributed by atoms with van der Waals surface area (Å²) in [6.07, 6.45) is 1.94. The molecular formula is C10H16N2O. The maximum atomic E-state index is 11.0. The number of aromatic nitrogens is 1. The van der Waals surface area contributed by atoms with Crippen molar-refractivity contribution in [2.45, 2.75) is 26.2 Å². The van der Waals surface area contributed by atoms with E-state index in [1.54, 1.807) is 4.57 Å². The molecule has 0 aromatic carbocycles. The summed E-state index contributed by atoms with van der Waals surface area (Å²) in [6, 6.07) is 1.85. The second-order valence-corrected chi connectivity index (χ2v) is 4.34. The van der Waals surface area contributed by atoms with E-state index in [0.717, 1.165) is 5.56 Å². The highest BCUT2D eigenvalue weighted by molar-refractivity contribution is 5.91. The van der Waals surface area contributed by atoms with Gasteiger partial charge in [-0.2, -0.15) is 0 Å². The number of carbonyl (C=O) groups excluding carboxylic acids is 1. The average molecular weight is 180 g/mol. The molecule has 0 atom stereocenters. The molecule has 0 aliphatic carbocycles. The Hall–Kier alpha value is -1.25. The topological polar surface area (TPSA) is 48.0 Å². The summed E-state index contributed by atoms with van der Waals surface area (Å²) in [5.74, 6) is -0.377. The maximum absolute atomic E-state index is 11.0. The molecule has 1 heterocycles. The fourth-order valence-corrected chi connectivity index (χ4v) is 1.22. The molecule has 0 aliphatic heterocycles. The molecule has 1 rings (SSSR count). The van der Waals surface area contributed by atoms with E-state index < -0.39 is 0 Å². The van der Waals surface area contributed by atoms with E-state index in [1.165, 1.54) is 0 Å². The molecule has 1 aromatic heterocycles. The summed E-state index contributed by atoms with van der Waals surface area (Å²) < 4.78 is 1.77. The highest BCUT2D eigenvalue weighted by atomic mass is 16.1. The number of hydrogen-bond donors (Lipinski definition) is 1. The van der Waals surface area contributed by atoms with Crippen LogP contribution in [0.1, 0.15) is 36.8 Å². The molecule has 0 fully saturated rings. The Morgan fingerprint density at radius 1 is 1.46 bits per heavy atom. The van der Waals surface area contributed by atoms with Gasteiger partial charge in [-0.1, -0.05) is 20.8 Å². The molecule has 1 amide bonds. The number of carbonyl (C=O) groups is 1. The molecule has 1 aromatic rings. The van der Waals surface area contributed by atoms with Crippen molar-refractivity contribution in [2.75, 3.05) is 0 Å². The number of nitrogens with two attached hydrogens (primary N) is 1. The molecule has 0 saturated heterocycles. The summed E-state index contributed by atoms with van der Waals surface area (Å²) in [4.78, 5) is 11.0. The van der Waals surface area contributed by atoms with Crippen molar-refractivity contribution in [3.05, 3.63) is 23.5 Å². The van der Waals surface area contributed by atoms with Crippen LogP contribution in [0.15, 0.2) is 12.3 Å². The number of nitrogens with zero attached hydrogens (tertiary/aromatic N) is 1. The molecule has 3 heteroatoms. The summed E-state index contributed by atoms with van der Waals surface area (Å²) >= 11 is 0. The predicted molar refractivity (Wildman–Crippen MR) is 52.6 cm³/mol. The van der Waals surface area contributed by atoms with Crippen molar-refractivity contribution in [1.29, 1.82) is 0 Å². The summed E-state index contributed by atoms with van der Waals surface area (Å²) in [5, 5.41) is 0. The first kappa shape index (κ1) is 9.84. The smallest absolute Gasteiger partial charge is 0.265 e. The van der Waals surface area contributed by atoms with Crippen LogP contribution in [-0.4, -0.2) is 10.5 Å². The fraction of sp³-hybridized carbons (Fsp3) is 0.500. The largest absolute Gasteiger partial charge is 0.364 e.